The van der Waals surface area contributed by atoms with Gasteiger partial charge < -0.3 is 14.6 Å². The Balaban J connectivity index is 1.59. The summed E-state index contributed by atoms with van der Waals surface area (Å²) in [7, 11) is 0. The quantitative estimate of drug-likeness (QED) is 0.299. The number of ether oxygens (including phenoxy) is 2. The van der Waals surface area contributed by atoms with Crippen molar-refractivity contribution in [1.82, 2.24) is 15.0 Å². The summed E-state index contributed by atoms with van der Waals surface area (Å²) in [6.45, 7) is 6.52. The zero-order valence-corrected chi connectivity index (χ0v) is 21.9. The number of hydrogen-bond acceptors (Lipinski definition) is 5. The average molecular weight is 554 g/mol. The minimum atomic E-state index is -0.796. The summed E-state index contributed by atoms with van der Waals surface area (Å²) in [6.07, 6.45) is 0.674. The Labute approximate surface area is 213 Å². The molecule has 0 aliphatic rings. The van der Waals surface area contributed by atoms with Crippen LogP contribution in [0, 0.1) is 5.92 Å². The van der Waals surface area contributed by atoms with Crippen LogP contribution in [0.3, 0.4) is 0 Å². The topological polar surface area (TPSA) is 69.4 Å². The fourth-order valence-corrected chi connectivity index (χ4v) is 3.95. The molecule has 184 valence electrons. The van der Waals surface area contributed by atoms with Crippen LogP contribution in [0.25, 0.3) is 0 Å². The van der Waals surface area contributed by atoms with Crippen molar-refractivity contribution in [3.8, 4) is 11.5 Å². The molecule has 0 aliphatic heterocycles. The number of alkyl halides is 2. The van der Waals surface area contributed by atoms with Gasteiger partial charge in [-0.1, -0.05) is 44.2 Å². The zero-order valence-electron chi connectivity index (χ0n) is 19.5. The predicted octanol–water partition coefficient (Wildman–Crippen LogP) is 5.53. The molecule has 0 aliphatic carbocycles. The highest BCUT2D eigenvalue weighted by molar-refractivity contribution is 9.10. The molecular formula is C25H30BrClFN3O3. The molecule has 0 radical (unpaired) electrons. The van der Waals surface area contributed by atoms with Crippen LogP contribution >= 0.6 is 27.5 Å². The van der Waals surface area contributed by atoms with Gasteiger partial charge in [0.25, 0.3) is 0 Å². The van der Waals surface area contributed by atoms with Gasteiger partial charge in [0.2, 0.25) is 0 Å². The third-order valence-corrected chi connectivity index (χ3v) is 6.73. The number of halogens is 3. The minimum Gasteiger partial charge on any atom is -0.492 e. The van der Waals surface area contributed by atoms with Gasteiger partial charge in [-0.05, 0) is 51.3 Å². The summed E-state index contributed by atoms with van der Waals surface area (Å²) >= 11 is 9.49. The largest absolute Gasteiger partial charge is 0.492 e. The lowest BCUT2D eigenvalue weighted by molar-refractivity contribution is 0.0888. The van der Waals surface area contributed by atoms with E-state index in [1.807, 2.05) is 37.3 Å². The number of benzene rings is 2. The molecule has 6 nitrogen and oxygen atoms in total. The maximum absolute atomic E-state index is 12.6. The first-order chi connectivity index (χ1) is 16.2. The van der Waals surface area contributed by atoms with Crippen LogP contribution in [0.5, 0.6) is 11.5 Å². The first-order valence-corrected chi connectivity index (χ1v) is 12.4. The normalized spacial score (nSPS) is 13.5. The van der Waals surface area contributed by atoms with Crippen LogP contribution in [0.15, 0.2) is 53.1 Å². The van der Waals surface area contributed by atoms with Gasteiger partial charge in [-0.25, -0.2) is 9.07 Å². The van der Waals surface area contributed by atoms with Crippen molar-refractivity contribution in [2.24, 2.45) is 5.92 Å². The Morgan fingerprint density at radius 1 is 1.12 bits per heavy atom. The molecule has 0 saturated heterocycles. The van der Waals surface area contributed by atoms with Gasteiger partial charge in [0.15, 0.2) is 0 Å². The van der Waals surface area contributed by atoms with Crippen LogP contribution in [0.1, 0.15) is 37.6 Å². The van der Waals surface area contributed by atoms with Crippen LogP contribution < -0.4 is 9.47 Å². The second-order valence-electron chi connectivity index (χ2n) is 8.90. The average Bonchev–Trinajstić information content (AvgIpc) is 3.29. The van der Waals surface area contributed by atoms with Crippen molar-refractivity contribution in [2.75, 3.05) is 19.1 Å². The summed E-state index contributed by atoms with van der Waals surface area (Å²) < 4.78 is 26.5. The van der Waals surface area contributed by atoms with Gasteiger partial charge in [0, 0.05) is 17.2 Å². The molecule has 9 heteroatoms. The summed E-state index contributed by atoms with van der Waals surface area (Å²) in [5.41, 5.74) is 2.25. The first kappa shape index (κ1) is 26.4. The van der Waals surface area contributed by atoms with Crippen molar-refractivity contribution in [1.29, 1.82) is 0 Å². The van der Waals surface area contributed by atoms with Crippen LogP contribution in [0.2, 0.25) is 0 Å². The molecule has 2 aromatic carbocycles. The fraction of sp³-hybridized carbons (Fsp3) is 0.440. The highest BCUT2D eigenvalue weighted by Gasteiger charge is 2.24. The van der Waals surface area contributed by atoms with E-state index in [9.17, 15) is 9.50 Å². The zero-order chi connectivity index (χ0) is 24.7. The van der Waals surface area contributed by atoms with E-state index in [2.05, 4.69) is 52.2 Å². The van der Waals surface area contributed by atoms with Gasteiger partial charge in [0.1, 0.15) is 36.6 Å². The predicted molar refractivity (Wildman–Crippen MR) is 134 cm³/mol. The second kappa shape index (κ2) is 12.0. The maximum atomic E-state index is 12.6. The van der Waals surface area contributed by atoms with Gasteiger partial charge >= 0.3 is 0 Å². The highest BCUT2D eigenvalue weighted by Crippen LogP contribution is 2.36. The molecule has 3 rings (SSSR count). The Bertz CT molecular complexity index is 1060. The van der Waals surface area contributed by atoms with Crippen LogP contribution in [-0.2, 0) is 18.6 Å². The lowest BCUT2D eigenvalue weighted by Crippen LogP contribution is -2.24. The smallest absolute Gasteiger partial charge is 0.135 e. The molecule has 2 atom stereocenters. The molecule has 0 spiro atoms. The standard InChI is InChI=1S/C25H30BrClFN3O3/c1-17(11-27)15-34-24-9-6-19(10-23(24)26)25(2,3)18-4-7-22(8-5-18)33-16-21(32)14-31-13-20(12-28)29-30-31/h4-10,13,17,21,32H,11-12,14-16H2,1-3H3/t17-,21?/m1/s1/i28-1. The number of aliphatic hydroxyl groups is 1. The molecule has 1 aromatic heterocycles. The SMILES string of the molecule is C[C@H](CCl)COc1ccc(C(C)(C)c2ccc(OCC(O)Cn3cc(C[18F])nn3)cc2)cc1Br. The fourth-order valence-electron chi connectivity index (χ4n) is 3.37. The molecule has 0 bridgehead atoms. The van der Waals surface area contributed by atoms with Crippen molar-refractivity contribution < 1.29 is 19.0 Å². The Morgan fingerprint density at radius 2 is 1.82 bits per heavy atom. The molecule has 0 amide bonds. The van der Waals surface area contributed by atoms with E-state index >= 15 is 0 Å². The molecule has 0 fully saturated rings. The van der Waals surface area contributed by atoms with E-state index < -0.39 is 12.8 Å². The number of hydrogen-bond donors (Lipinski definition) is 1. The Kier molecular flexibility index (Phi) is 9.33. The summed E-state index contributed by atoms with van der Waals surface area (Å²) in [4.78, 5) is 0. The van der Waals surface area contributed by atoms with E-state index in [-0.39, 0.29) is 30.2 Å². The van der Waals surface area contributed by atoms with Crippen molar-refractivity contribution in [3.63, 3.8) is 0 Å². The maximum Gasteiger partial charge on any atom is 0.135 e. The second-order valence-corrected chi connectivity index (χ2v) is 10.1. The van der Waals surface area contributed by atoms with Crippen molar-refractivity contribution >= 4 is 27.5 Å². The van der Waals surface area contributed by atoms with Crippen LogP contribution in [0.4, 0.5) is 4.39 Å². The summed E-state index contributed by atoms with van der Waals surface area (Å²) in [6, 6.07) is 14.0. The molecule has 1 unspecified atom stereocenters. The monoisotopic (exact) mass is 552 g/mol. The summed E-state index contributed by atoms with van der Waals surface area (Å²) in [5, 5.41) is 17.6. The van der Waals surface area contributed by atoms with Gasteiger partial charge in [-0.15, -0.1) is 16.7 Å². The lowest BCUT2D eigenvalue weighted by Gasteiger charge is -2.27. The third kappa shape index (κ3) is 6.93. The van der Waals surface area contributed by atoms with Gasteiger partial charge in [0.05, 0.1) is 23.8 Å². The highest BCUT2D eigenvalue weighted by atomic mass is 79.9. The third-order valence-electron chi connectivity index (χ3n) is 5.58. The first-order valence-electron chi connectivity index (χ1n) is 11.1. The molecule has 1 N–H and O–H groups in total. The Hall–Kier alpha value is -2.16. The molecular weight excluding hydrogens is 524 g/mol. The number of aromatic nitrogens is 3. The molecule has 3 aromatic rings. The van der Waals surface area contributed by atoms with Gasteiger partial charge in [-0.3, -0.25) is 0 Å². The lowest BCUT2D eigenvalue weighted by atomic mass is 9.78. The summed E-state index contributed by atoms with van der Waals surface area (Å²) in [5.74, 6) is 2.29. The number of rotatable bonds is 12. The van der Waals surface area contributed by atoms with Crippen molar-refractivity contribution in [3.05, 3.63) is 70.0 Å². The molecule has 0 saturated carbocycles. The van der Waals surface area contributed by atoms with E-state index in [0.29, 0.717) is 18.2 Å². The molecule has 34 heavy (non-hydrogen) atoms. The van der Waals surface area contributed by atoms with Crippen LogP contribution in [-0.4, -0.2) is 45.3 Å². The number of nitrogens with zero attached hydrogens (tertiary/aromatic N) is 3. The molecule has 1 heterocycles. The Morgan fingerprint density at radius 3 is 2.44 bits per heavy atom. The van der Waals surface area contributed by atoms with Crippen molar-refractivity contribution in [2.45, 2.75) is 45.5 Å². The van der Waals surface area contributed by atoms with E-state index in [1.165, 1.54) is 10.9 Å². The minimum absolute atomic E-state index is 0.0876. The number of aliphatic hydroxyl groups excluding tert-OH is 1. The van der Waals surface area contributed by atoms with E-state index in [1.54, 1.807) is 0 Å². The van der Waals surface area contributed by atoms with E-state index in [0.717, 1.165) is 21.3 Å². The van der Waals surface area contributed by atoms with Gasteiger partial charge in [-0.2, -0.15) is 0 Å². The van der Waals surface area contributed by atoms with E-state index in [4.69, 9.17) is 21.1 Å².